The van der Waals surface area contributed by atoms with E-state index in [4.69, 9.17) is 0 Å². The minimum Gasteiger partial charge on any atom is -0.356 e. The lowest BCUT2D eigenvalue weighted by molar-refractivity contribution is -0.125. The Balaban J connectivity index is 0.00000120. The predicted octanol–water partition coefficient (Wildman–Crippen LogP) is 9.37. The number of aromatic amines is 3. The predicted molar refractivity (Wildman–Crippen MR) is 296 cm³/mol. The van der Waals surface area contributed by atoms with Crippen molar-refractivity contribution in [3.05, 3.63) is 110 Å². The van der Waals surface area contributed by atoms with E-state index in [0.717, 1.165) is 18.6 Å². The van der Waals surface area contributed by atoms with Gasteiger partial charge in [0, 0.05) is 93.1 Å². The van der Waals surface area contributed by atoms with Crippen LogP contribution >= 0.6 is 0 Å². The molecule has 422 valence electrons. The normalized spacial score (nSPS) is 11.6. The van der Waals surface area contributed by atoms with Crippen molar-refractivity contribution in [2.75, 3.05) is 42.3 Å². The summed E-state index contributed by atoms with van der Waals surface area (Å²) in [6.07, 6.45) is 10.3. The Kier molecular flexibility index (Phi) is 17.5. The summed E-state index contributed by atoms with van der Waals surface area (Å²) in [6.45, 7) is 10.9. The lowest BCUT2D eigenvalue weighted by atomic mass is 10.0. The van der Waals surface area contributed by atoms with E-state index in [1.54, 1.807) is 84.5 Å². The van der Waals surface area contributed by atoms with Gasteiger partial charge in [0.15, 0.2) is 17.5 Å². The van der Waals surface area contributed by atoms with E-state index in [0.29, 0.717) is 91.3 Å². The molecule has 0 saturated heterocycles. The third-order valence-corrected chi connectivity index (χ3v) is 11.3. The minimum atomic E-state index is -2.63. The molecule has 0 saturated carbocycles. The smallest absolute Gasteiger partial charge is 0.255 e. The number of nitrogens with one attached hydrogen (secondary N) is 9. The number of likely N-dealkylation sites (N-methyl/N-ethyl adjacent to an activating group) is 1. The standard InChI is InChI=1S/C17H17F3N6O.C17H18F2N6O.C17H19FN6O.7H2/c1-17(2,16(27)24-8-12(19)20)26-13-3-4-21-15(25-13)11-7-23-14-10(11)5-9(18)6-22-14;1-17(2,16(26)21-6-4-18)25-13-3-5-20-15(24-13)12-9-23-14-11(12)7-10(19)8-22-14;1-4-19-16(25)17(2,3)24-13-5-6-20-15(23-13)12-9-22-14-11(12)7-10(18)8-21-14;;;;;;;/h3-7,12H,8H2,1-2H3,(H,22,23)(H,24,27)(H,21,25,26);3,5,7-9H,4,6H2,1-2H3,(H,21,26)(H,22,23)(H,20,24,25);5-9H,4H2,1-3H3,(H,19,25)(H,21,22)(H,20,23,24);7*1H. The summed E-state index contributed by atoms with van der Waals surface area (Å²) < 4.78 is 77.3. The van der Waals surface area contributed by atoms with Crippen molar-refractivity contribution in [3.8, 4) is 34.2 Å². The summed E-state index contributed by atoms with van der Waals surface area (Å²) in [7, 11) is 0. The van der Waals surface area contributed by atoms with Crippen LogP contribution in [0, 0.1) is 17.5 Å². The van der Waals surface area contributed by atoms with Crippen LogP contribution in [0.4, 0.5) is 43.8 Å². The van der Waals surface area contributed by atoms with Gasteiger partial charge in [-0.1, -0.05) is 0 Å². The third-order valence-electron chi connectivity index (χ3n) is 11.3. The lowest BCUT2D eigenvalue weighted by Gasteiger charge is -2.25. The van der Waals surface area contributed by atoms with Crippen LogP contribution in [-0.2, 0) is 14.4 Å². The van der Waals surface area contributed by atoms with Gasteiger partial charge in [-0.3, -0.25) is 14.4 Å². The minimum absolute atomic E-state index is 0. The highest BCUT2D eigenvalue weighted by molar-refractivity contribution is 5.94. The molecule has 0 aliphatic rings. The largest absolute Gasteiger partial charge is 0.356 e. The van der Waals surface area contributed by atoms with E-state index in [1.165, 1.54) is 30.6 Å². The second-order valence-corrected chi connectivity index (χ2v) is 18.7. The molecule has 27 heteroatoms. The summed E-state index contributed by atoms with van der Waals surface area (Å²) in [5, 5.41) is 18.1. The van der Waals surface area contributed by atoms with Crippen LogP contribution in [0.5, 0.6) is 0 Å². The number of alkyl halides is 3. The van der Waals surface area contributed by atoms with Crippen molar-refractivity contribution < 1.29 is 50.7 Å². The molecular weight excluding hydrogens is 1030 g/mol. The lowest BCUT2D eigenvalue weighted by Crippen LogP contribution is -2.49. The van der Waals surface area contributed by atoms with Gasteiger partial charge in [0.1, 0.15) is 75.1 Å². The molecule has 0 bridgehead atoms. The molecule has 0 spiro atoms. The number of rotatable bonds is 17. The highest BCUT2D eigenvalue weighted by Gasteiger charge is 2.30. The summed E-state index contributed by atoms with van der Waals surface area (Å²) in [5.74, 6) is -0.173. The molecule has 0 aliphatic heterocycles. The molecule has 21 nitrogen and oxygen atoms in total. The average Bonchev–Trinajstić information content (AvgIpc) is 4.24. The van der Waals surface area contributed by atoms with Gasteiger partial charge in [0.25, 0.3) is 6.43 Å². The molecule has 9 N–H and O–H groups in total. The van der Waals surface area contributed by atoms with E-state index in [1.807, 2.05) is 6.92 Å². The van der Waals surface area contributed by atoms with E-state index < -0.39 is 59.6 Å². The molecule has 0 unspecified atom stereocenters. The summed E-state index contributed by atoms with van der Waals surface area (Å²) in [6, 6.07) is 8.89. The maximum atomic E-state index is 13.5. The number of carbonyl (C=O) groups is 3. The highest BCUT2D eigenvalue weighted by atomic mass is 19.3. The van der Waals surface area contributed by atoms with Crippen LogP contribution in [-0.4, -0.2) is 127 Å². The number of hydrogen-bond acceptors (Lipinski definition) is 15. The maximum absolute atomic E-state index is 13.5. The summed E-state index contributed by atoms with van der Waals surface area (Å²) in [4.78, 5) is 82.9. The van der Waals surface area contributed by atoms with Crippen molar-refractivity contribution in [2.24, 2.45) is 0 Å². The number of anilines is 3. The third kappa shape index (κ3) is 13.9. The van der Waals surface area contributed by atoms with Gasteiger partial charge in [-0.05, 0) is 84.9 Å². The quantitative estimate of drug-likeness (QED) is 0.0384. The van der Waals surface area contributed by atoms with Crippen LogP contribution in [0.2, 0.25) is 0 Å². The number of carbonyl (C=O) groups excluding carboxylic acids is 3. The SMILES string of the molecule is CC(C)(Nc1ccnc(-c2c[nH]c3ncc(F)cc23)n1)C(=O)NCC(F)F.CC(C)(Nc1ccnc(-c2c[nH]c3ncc(F)cc23)n1)C(=O)NCCF.CCNC(=O)C(C)(C)Nc1ccnc(-c2c[nH]c3ncc(F)cc23)n1.[HH].[HH].[HH].[HH].[HH].[HH].[HH]. The molecule has 0 radical (unpaired) electrons. The number of pyridine rings is 3. The van der Waals surface area contributed by atoms with E-state index in [9.17, 15) is 40.7 Å². The Labute approximate surface area is 451 Å². The van der Waals surface area contributed by atoms with Gasteiger partial charge >= 0.3 is 0 Å². The molecule has 9 aromatic heterocycles. The van der Waals surface area contributed by atoms with E-state index in [2.05, 4.69) is 91.7 Å². The zero-order chi connectivity index (χ0) is 56.4. The Bertz CT molecular complexity index is 3600. The molecule has 3 amide bonds. The molecule has 0 aliphatic carbocycles. The molecule has 9 aromatic rings. The summed E-state index contributed by atoms with van der Waals surface area (Å²) >= 11 is 0. The van der Waals surface area contributed by atoms with Gasteiger partial charge in [0.2, 0.25) is 17.7 Å². The Morgan fingerprint density at radius 3 is 1.19 bits per heavy atom. The van der Waals surface area contributed by atoms with Gasteiger partial charge in [-0.25, -0.2) is 71.2 Å². The van der Waals surface area contributed by atoms with Gasteiger partial charge in [-0.2, -0.15) is 0 Å². The first kappa shape index (κ1) is 56.4. The van der Waals surface area contributed by atoms with Gasteiger partial charge in [-0.15, -0.1) is 0 Å². The first-order valence-electron chi connectivity index (χ1n) is 24.0. The number of H-pyrrole nitrogens is 3. The number of hydrogen-bond donors (Lipinski definition) is 9. The molecule has 0 fully saturated rings. The molecule has 9 heterocycles. The fourth-order valence-electron chi connectivity index (χ4n) is 7.45. The number of nitrogens with zero attached hydrogens (tertiary/aromatic N) is 9. The fourth-order valence-corrected chi connectivity index (χ4v) is 7.45. The van der Waals surface area contributed by atoms with Crippen LogP contribution in [0.15, 0.2) is 92.2 Å². The molecule has 78 heavy (non-hydrogen) atoms. The maximum Gasteiger partial charge on any atom is 0.255 e. The first-order valence-corrected chi connectivity index (χ1v) is 24.0. The van der Waals surface area contributed by atoms with Crippen molar-refractivity contribution in [2.45, 2.75) is 71.5 Å². The second-order valence-electron chi connectivity index (χ2n) is 18.7. The number of fused-ring (bicyclic) bond motifs is 3. The number of aromatic nitrogens is 12. The Morgan fingerprint density at radius 2 is 0.872 bits per heavy atom. The van der Waals surface area contributed by atoms with Gasteiger partial charge in [0.05, 0.1) is 25.1 Å². The zero-order valence-electron chi connectivity index (χ0n) is 43.1. The molecule has 0 atom stereocenters. The zero-order valence-corrected chi connectivity index (χ0v) is 43.1. The second kappa shape index (κ2) is 24.1. The van der Waals surface area contributed by atoms with Crippen molar-refractivity contribution >= 4 is 68.3 Å². The van der Waals surface area contributed by atoms with Crippen molar-refractivity contribution in [1.29, 1.82) is 0 Å². The monoisotopic (exact) mass is 1090 g/mol. The fraction of sp³-hybridized carbons (Fsp3) is 0.294. The Hall–Kier alpha value is -9.30. The number of amides is 3. The van der Waals surface area contributed by atoms with Crippen LogP contribution in [0.3, 0.4) is 0 Å². The molecule has 0 aromatic carbocycles. The summed E-state index contributed by atoms with van der Waals surface area (Å²) in [5.41, 5.74) is 0.311. The average molecular weight is 1100 g/mol. The van der Waals surface area contributed by atoms with E-state index in [-0.39, 0.29) is 28.3 Å². The van der Waals surface area contributed by atoms with Crippen molar-refractivity contribution in [3.63, 3.8) is 0 Å². The topological polar surface area (TPSA) is 287 Å². The van der Waals surface area contributed by atoms with Crippen molar-refractivity contribution in [1.82, 2.24) is 75.8 Å². The number of halogens is 6. The Morgan fingerprint density at radius 1 is 0.538 bits per heavy atom. The van der Waals surface area contributed by atoms with Crippen LogP contribution in [0.25, 0.3) is 67.3 Å². The van der Waals surface area contributed by atoms with Gasteiger partial charge < -0.3 is 46.9 Å². The van der Waals surface area contributed by atoms with Crippen LogP contribution < -0.4 is 31.9 Å². The molecular formula is C51H68F6N18O3. The molecule has 9 rings (SSSR count). The highest BCUT2D eigenvalue weighted by Crippen LogP contribution is 2.30. The van der Waals surface area contributed by atoms with Crippen LogP contribution in [0.1, 0.15) is 58.5 Å². The van der Waals surface area contributed by atoms with E-state index >= 15 is 0 Å². The first-order chi connectivity index (χ1) is 37.1.